The van der Waals surface area contributed by atoms with Crippen molar-refractivity contribution in [1.82, 2.24) is 25.3 Å². The van der Waals surface area contributed by atoms with E-state index < -0.39 is 11.8 Å². The van der Waals surface area contributed by atoms with E-state index in [1.54, 1.807) is 24.3 Å². The molecule has 0 saturated heterocycles. The van der Waals surface area contributed by atoms with Gasteiger partial charge in [-0.3, -0.25) is 34.7 Å². The zero-order chi connectivity index (χ0) is 21.7. The number of hydrogen-bond donors (Lipinski definition) is 2. The Morgan fingerprint density at radius 2 is 1.90 bits per heavy atom. The lowest BCUT2D eigenvalue weighted by atomic mass is 10.1. The number of hydrazine groups is 1. The van der Waals surface area contributed by atoms with Crippen LogP contribution in [0.4, 0.5) is 0 Å². The first-order valence-electron chi connectivity index (χ1n) is 9.78. The predicted molar refractivity (Wildman–Crippen MR) is 112 cm³/mol. The van der Waals surface area contributed by atoms with Crippen LogP contribution in [0.25, 0.3) is 10.9 Å². The molecule has 0 aliphatic rings. The fourth-order valence-corrected chi connectivity index (χ4v) is 3.08. The van der Waals surface area contributed by atoms with Crippen LogP contribution in [0.2, 0.25) is 0 Å². The van der Waals surface area contributed by atoms with Crippen molar-refractivity contribution in [3.05, 3.63) is 64.1 Å². The van der Waals surface area contributed by atoms with Crippen molar-refractivity contribution in [2.75, 3.05) is 13.1 Å². The van der Waals surface area contributed by atoms with E-state index in [-0.39, 0.29) is 17.9 Å². The second-order valence-corrected chi connectivity index (χ2v) is 6.88. The maximum absolute atomic E-state index is 12.6. The molecule has 0 atom stereocenters. The van der Waals surface area contributed by atoms with Gasteiger partial charge in [-0.15, -0.1) is 0 Å². The zero-order valence-corrected chi connectivity index (χ0v) is 17.3. The van der Waals surface area contributed by atoms with Gasteiger partial charge in [0.15, 0.2) is 5.76 Å². The Morgan fingerprint density at radius 3 is 2.63 bits per heavy atom. The molecule has 1 aromatic carbocycles. The third-order valence-corrected chi connectivity index (χ3v) is 4.84. The van der Waals surface area contributed by atoms with Crippen LogP contribution in [0, 0.1) is 6.92 Å². The van der Waals surface area contributed by atoms with Crippen molar-refractivity contribution in [3.63, 3.8) is 0 Å². The first kappa shape index (κ1) is 21.3. The zero-order valence-electron chi connectivity index (χ0n) is 17.3. The summed E-state index contributed by atoms with van der Waals surface area (Å²) in [5.41, 5.74) is 5.75. The first-order chi connectivity index (χ1) is 14.4. The average Bonchev–Trinajstić information content (AvgIpc) is 3.21. The number of aryl methyl sites for hydroxylation is 1. The molecule has 0 spiro atoms. The van der Waals surface area contributed by atoms with Gasteiger partial charge < -0.3 is 4.42 Å². The van der Waals surface area contributed by atoms with E-state index in [0.717, 1.165) is 18.7 Å². The van der Waals surface area contributed by atoms with E-state index >= 15 is 0 Å². The summed E-state index contributed by atoms with van der Waals surface area (Å²) in [7, 11) is 0. The Hall–Kier alpha value is -3.46. The molecule has 2 heterocycles. The quantitative estimate of drug-likeness (QED) is 0.572. The summed E-state index contributed by atoms with van der Waals surface area (Å²) in [6.07, 6.45) is 1.32. The molecule has 0 saturated carbocycles. The van der Waals surface area contributed by atoms with Crippen molar-refractivity contribution in [2.24, 2.45) is 0 Å². The number of rotatable bonds is 7. The Kier molecular flexibility index (Phi) is 6.63. The van der Waals surface area contributed by atoms with Crippen LogP contribution in [-0.4, -0.2) is 39.4 Å². The molecule has 2 amide bonds. The number of carbonyl (C=O) groups is 2. The third-order valence-electron chi connectivity index (χ3n) is 4.84. The summed E-state index contributed by atoms with van der Waals surface area (Å²) in [5, 5.41) is 0.436. The van der Waals surface area contributed by atoms with Gasteiger partial charge in [0, 0.05) is 0 Å². The first-order valence-corrected chi connectivity index (χ1v) is 9.78. The summed E-state index contributed by atoms with van der Waals surface area (Å²) in [6, 6.07) is 8.59. The molecule has 2 aromatic heterocycles. The number of para-hydroxylation sites is 1. The molecular weight excluding hydrogens is 386 g/mol. The maximum Gasteiger partial charge on any atom is 0.305 e. The van der Waals surface area contributed by atoms with E-state index in [9.17, 15) is 14.4 Å². The van der Waals surface area contributed by atoms with Crippen molar-refractivity contribution < 1.29 is 14.0 Å². The van der Waals surface area contributed by atoms with Gasteiger partial charge >= 0.3 is 5.91 Å². The molecule has 0 aliphatic carbocycles. The highest BCUT2D eigenvalue weighted by atomic mass is 16.4. The lowest BCUT2D eigenvalue weighted by Crippen LogP contribution is -2.44. The molecule has 9 nitrogen and oxygen atoms in total. The summed E-state index contributed by atoms with van der Waals surface area (Å²) in [4.78, 5) is 43.3. The van der Waals surface area contributed by atoms with Crippen LogP contribution >= 0.6 is 0 Å². The van der Waals surface area contributed by atoms with Gasteiger partial charge in [0.2, 0.25) is 0 Å². The van der Waals surface area contributed by atoms with Crippen LogP contribution in [0.15, 0.2) is 45.9 Å². The van der Waals surface area contributed by atoms with Gasteiger partial charge in [0.1, 0.15) is 12.3 Å². The van der Waals surface area contributed by atoms with Crippen LogP contribution in [0.3, 0.4) is 0 Å². The number of furan rings is 1. The molecule has 9 heteroatoms. The summed E-state index contributed by atoms with van der Waals surface area (Å²) in [6.45, 7) is 8.03. The number of aromatic nitrogens is 2. The number of hydrogen-bond acceptors (Lipinski definition) is 6. The summed E-state index contributed by atoms with van der Waals surface area (Å²) < 4.78 is 6.73. The molecule has 0 fully saturated rings. The Balaban J connectivity index is 1.59. The number of amides is 2. The van der Waals surface area contributed by atoms with Gasteiger partial charge in [-0.1, -0.05) is 26.0 Å². The highest BCUT2D eigenvalue weighted by Crippen LogP contribution is 2.11. The average molecular weight is 411 g/mol. The fraction of sp³-hybridized carbons (Fsp3) is 0.333. The maximum atomic E-state index is 12.6. The molecule has 2 N–H and O–H groups in total. The van der Waals surface area contributed by atoms with Crippen LogP contribution in [-0.2, 0) is 17.9 Å². The number of nitrogens with zero attached hydrogens (tertiary/aromatic N) is 3. The normalized spacial score (nSPS) is 11.1. The largest absolute Gasteiger partial charge is 0.454 e. The Morgan fingerprint density at radius 1 is 1.13 bits per heavy atom. The molecule has 0 bridgehead atoms. The number of fused-ring (bicyclic) bond motifs is 1. The van der Waals surface area contributed by atoms with Gasteiger partial charge in [-0.05, 0) is 43.8 Å². The predicted octanol–water partition coefficient (Wildman–Crippen LogP) is 1.60. The Labute approximate surface area is 173 Å². The lowest BCUT2D eigenvalue weighted by Gasteiger charge is -2.15. The standard InChI is InChI=1S/C21H25N5O4/c1-4-25(5-2)11-15-9-10-17(30-15)20(28)24-23-18(27)12-26-13-22-19-14(3)7-6-8-16(19)21(26)29/h6-10,13H,4-5,11-12H2,1-3H3,(H,23,27)(H,24,28). The van der Waals surface area contributed by atoms with Crippen LogP contribution in [0.1, 0.15) is 35.7 Å². The Bertz CT molecular complexity index is 1110. The van der Waals surface area contributed by atoms with E-state index in [2.05, 4.69) is 20.7 Å². The monoisotopic (exact) mass is 411 g/mol. The molecule has 158 valence electrons. The molecular formula is C21H25N5O4. The highest BCUT2D eigenvalue weighted by molar-refractivity contribution is 5.93. The number of nitrogens with one attached hydrogen (secondary N) is 2. The van der Waals surface area contributed by atoms with E-state index in [1.807, 2.05) is 26.8 Å². The topological polar surface area (TPSA) is 109 Å². The summed E-state index contributed by atoms with van der Waals surface area (Å²) >= 11 is 0. The molecule has 3 rings (SSSR count). The van der Waals surface area contributed by atoms with Crippen LogP contribution < -0.4 is 16.4 Å². The minimum atomic E-state index is -0.575. The minimum absolute atomic E-state index is 0.0949. The highest BCUT2D eigenvalue weighted by Gasteiger charge is 2.14. The van der Waals surface area contributed by atoms with Gasteiger partial charge in [-0.25, -0.2) is 4.98 Å². The van der Waals surface area contributed by atoms with Gasteiger partial charge in [-0.2, -0.15) is 0 Å². The smallest absolute Gasteiger partial charge is 0.305 e. The van der Waals surface area contributed by atoms with E-state index in [4.69, 9.17) is 4.42 Å². The van der Waals surface area contributed by atoms with Crippen LogP contribution in [0.5, 0.6) is 0 Å². The second-order valence-electron chi connectivity index (χ2n) is 6.88. The van der Waals surface area contributed by atoms with E-state index in [0.29, 0.717) is 23.2 Å². The SMILES string of the molecule is CCN(CC)Cc1ccc(C(=O)NNC(=O)Cn2cnc3c(C)cccc3c2=O)o1. The lowest BCUT2D eigenvalue weighted by molar-refractivity contribution is -0.122. The summed E-state index contributed by atoms with van der Waals surface area (Å²) in [5.74, 6) is -0.375. The van der Waals surface area contributed by atoms with Gasteiger partial charge in [0.25, 0.3) is 11.5 Å². The third kappa shape index (κ3) is 4.74. The van der Waals surface area contributed by atoms with Crippen molar-refractivity contribution >= 4 is 22.7 Å². The van der Waals surface area contributed by atoms with Crippen molar-refractivity contribution in [2.45, 2.75) is 33.9 Å². The minimum Gasteiger partial charge on any atom is -0.454 e. The molecule has 0 radical (unpaired) electrons. The van der Waals surface area contributed by atoms with Crippen molar-refractivity contribution in [3.8, 4) is 0 Å². The second kappa shape index (κ2) is 9.36. The van der Waals surface area contributed by atoms with E-state index in [1.165, 1.54) is 10.9 Å². The number of benzene rings is 1. The fourth-order valence-electron chi connectivity index (χ4n) is 3.08. The number of carbonyl (C=O) groups excluding carboxylic acids is 2. The van der Waals surface area contributed by atoms with Crippen molar-refractivity contribution in [1.29, 1.82) is 0 Å². The molecule has 0 aliphatic heterocycles. The van der Waals surface area contributed by atoms with Gasteiger partial charge in [0.05, 0.1) is 23.8 Å². The molecule has 0 unspecified atom stereocenters. The molecule has 30 heavy (non-hydrogen) atoms. The molecule has 3 aromatic rings.